The Hall–Kier alpha value is -3.22. The van der Waals surface area contributed by atoms with Gasteiger partial charge in [-0.25, -0.2) is 9.18 Å². The van der Waals surface area contributed by atoms with Gasteiger partial charge < -0.3 is 10.1 Å². The normalized spacial score (nSPS) is 18.0. The predicted molar refractivity (Wildman–Crippen MR) is 141 cm³/mol. The number of piperidine rings is 1. The van der Waals surface area contributed by atoms with Crippen LogP contribution in [-0.2, 0) is 19.5 Å². The molecule has 1 fully saturated rings. The number of nitrogens with zero attached hydrogens (tertiary/aromatic N) is 1. The summed E-state index contributed by atoms with van der Waals surface area (Å²) >= 11 is 6.40. The summed E-state index contributed by atoms with van der Waals surface area (Å²) in [6.07, 6.45) is 2.93. The molecule has 2 aliphatic rings. The molecular formula is C30H30ClFN2O3. The predicted octanol–water partition coefficient (Wildman–Crippen LogP) is 6.43. The minimum absolute atomic E-state index is 0.0759. The van der Waals surface area contributed by atoms with Gasteiger partial charge in [-0.05, 0) is 85.6 Å². The molecule has 5 rings (SSSR count). The summed E-state index contributed by atoms with van der Waals surface area (Å²) in [6.45, 7) is 2.97. The molecule has 1 aliphatic heterocycles. The first-order valence-electron chi connectivity index (χ1n) is 12.8. The zero-order valence-corrected chi connectivity index (χ0v) is 21.3. The number of amides is 1. The van der Waals surface area contributed by atoms with E-state index in [1.165, 1.54) is 6.07 Å². The zero-order valence-electron chi connectivity index (χ0n) is 20.6. The molecule has 0 spiro atoms. The van der Waals surface area contributed by atoms with Crippen LogP contribution in [0.3, 0.4) is 0 Å². The maximum Gasteiger partial charge on any atom is 0.412 e. The Morgan fingerprint density at radius 1 is 1.03 bits per heavy atom. The number of benzene rings is 3. The van der Waals surface area contributed by atoms with Crippen LogP contribution in [0.5, 0.6) is 5.75 Å². The first kappa shape index (κ1) is 25.4. The van der Waals surface area contributed by atoms with E-state index >= 15 is 0 Å². The highest BCUT2D eigenvalue weighted by atomic mass is 35.5. The molecule has 1 aliphatic carbocycles. The van der Waals surface area contributed by atoms with Crippen LogP contribution < -0.4 is 10.1 Å². The number of nitrogens with one attached hydrogen (secondary N) is 1. The van der Waals surface area contributed by atoms with Gasteiger partial charge in [0.05, 0.1) is 5.02 Å². The van der Waals surface area contributed by atoms with Crippen molar-refractivity contribution in [2.75, 3.05) is 13.1 Å². The van der Waals surface area contributed by atoms with Crippen LogP contribution >= 0.6 is 11.6 Å². The summed E-state index contributed by atoms with van der Waals surface area (Å²) in [7, 11) is 0. The van der Waals surface area contributed by atoms with Crippen molar-refractivity contribution >= 4 is 23.5 Å². The van der Waals surface area contributed by atoms with Crippen LogP contribution in [0.15, 0.2) is 66.7 Å². The number of rotatable bonds is 7. The maximum atomic E-state index is 13.5. The second kappa shape index (κ2) is 11.4. The third-order valence-electron chi connectivity index (χ3n) is 7.36. The number of ketones is 1. The number of Topliss-reactive ketones (excluding diaryl/α,β-unsaturated/α-hetero) is 1. The van der Waals surface area contributed by atoms with E-state index in [9.17, 15) is 14.0 Å². The molecule has 3 aromatic carbocycles. The smallest absolute Gasteiger partial charge is 0.409 e. The van der Waals surface area contributed by atoms with Gasteiger partial charge in [0.2, 0.25) is 0 Å². The Balaban J connectivity index is 1.13. The van der Waals surface area contributed by atoms with Crippen LogP contribution in [0, 0.1) is 17.7 Å². The molecule has 0 saturated carbocycles. The number of halogens is 2. The summed E-state index contributed by atoms with van der Waals surface area (Å²) in [4.78, 5) is 27.9. The fourth-order valence-corrected chi connectivity index (χ4v) is 5.65. The van der Waals surface area contributed by atoms with E-state index in [2.05, 4.69) is 10.2 Å². The zero-order chi connectivity index (χ0) is 25.8. The van der Waals surface area contributed by atoms with Gasteiger partial charge in [-0.2, -0.15) is 0 Å². The van der Waals surface area contributed by atoms with Crippen molar-refractivity contribution in [2.24, 2.45) is 11.8 Å². The third kappa shape index (κ3) is 6.38. The molecule has 7 heteroatoms. The van der Waals surface area contributed by atoms with Crippen molar-refractivity contribution in [2.45, 2.75) is 38.8 Å². The Labute approximate surface area is 221 Å². The molecule has 37 heavy (non-hydrogen) atoms. The largest absolute Gasteiger partial charge is 0.412 e. The molecular weight excluding hydrogens is 491 g/mol. The van der Waals surface area contributed by atoms with Crippen molar-refractivity contribution in [3.8, 4) is 5.75 Å². The van der Waals surface area contributed by atoms with Gasteiger partial charge in [-0.3, -0.25) is 9.69 Å². The molecule has 1 heterocycles. The lowest BCUT2D eigenvalue weighted by atomic mass is 9.85. The van der Waals surface area contributed by atoms with Gasteiger partial charge in [0, 0.05) is 24.6 Å². The lowest BCUT2D eigenvalue weighted by Gasteiger charge is -2.33. The Kier molecular flexibility index (Phi) is 7.87. The molecule has 0 aromatic heterocycles. The summed E-state index contributed by atoms with van der Waals surface area (Å²) in [5.74, 6) is 0.497. The van der Waals surface area contributed by atoms with Gasteiger partial charge in [0.25, 0.3) is 0 Å². The second-order valence-corrected chi connectivity index (χ2v) is 10.4. The fourth-order valence-electron chi connectivity index (χ4n) is 5.42. The van der Waals surface area contributed by atoms with Crippen molar-refractivity contribution in [3.05, 3.63) is 99.8 Å². The van der Waals surface area contributed by atoms with Crippen molar-refractivity contribution in [1.29, 1.82) is 0 Å². The van der Waals surface area contributed by atoms with E-state index in [0.717, 1.165) is 55.6 Å². The third-order valence-corrected chi connectivity index (χ3v) is 7.66. The number of hydrogen-bond donors (Lipinski definition) is 1. The molecule has 1 N–H and O–H groups in total. The Morgan fingerprint density at radius 3 is 2.54 bits per heavy atom. The van der Waals surface area contributed by atoms with E-state index < -0.39 is 6.09 Å². The number of fused-ring (bicyclic) bond motifs is 1. The van der Waals surface area contributed by atoms with Crippen LogP contribution in [0.25, 0.3) is 0 Å². The summed E-state index contributed by atoms with van der Waals surface area (Å²) in [5, 5.41) is 3.04. The van der Waals surface area contributed by atoms with Crippen molar-refractivity contribution in [1.82, 2.24) is 10.2 Å². The average molecular weight is 521 g/mol. The number of carbonyl (C=O) groups is 2. The highest BCUT2D eigenvalue weighted by Gasteiger charge is 2.34. The van der Waals surface area contributed by atoms with Crippen LogP contribution in [0.1, 0.15) is 46.3 Å². The Morgan fingerprint density at radius 2 is 1.78 bits per heavy atom. The van der Waals surface area contributed by atoms with Crippen LogP contribution in [0.4, 0.5) is 9.18 Å². The molecule has 1 atom stereocenters. The fraction of sp³-hybridized carbons (Fsp3) is 0.333. The molecule has 0 radical (unpaired) electrons. The van der Waals surface area contributed by atoms with E-state index in [1.807, 2.05) is 36.4 Å². The van der Waals surface area contributed by atoms with E-state index in [1.54, 1.807) is 24.3 Å². The molecule has 192 valence electrons. The molecule has 3 aromatic rings. The first-order chi connectivity index (χ1) is 17.9. The second-order valence-electron chi connectivity index (χ2n) is 10.0. The minimum Gasteiger partial charge on any atom is -0.409 e. The van der Waals surface area contributed by atoms with Crippen molar-refractivity contribution in [3.63, 3.8) is 0 Å². The molecule has 0 bridgehead atoms. The van der Waals surface area contributed by atoms with Gasteiger partial charge in [-0.15, -0.1) is 0 Å². The molecule has 1 unspecified atom stereocenters. The van der Waals surface area contributed by atoms with Crippen molar-refractivity contribution < 1.29 is 18.7 Å². The average Bonchev–Trinajstić information content (AvgIpc) is 3.18. The van der Waals surface area contributed by atoms with E-state index in [-0.39, 0.29) is 23.3 Å². The van der Waals surface area contributed by atoms with Crippen LogP contribution in [-0.4, -0.2) is 29.9 Å². The molecule has 1 saturated heterocycles. The van der Waals surface area contributed by atoms with Crippen LogP contribution in [0.2, 0.25) is 5.02 Å². The molecule has 1 amide bonds. The topological polar surface area (TPSA) is 58.6 Å². The number of carbonyl (C=O) groups excluding carboxylic acids is 2. The standard InChI is InChI=1S/C30H30ClFN2O3/c31-27-16-23-15-24(13-20-9-11-34(12-10-20)19-22-7-4-8-25(32)14-22)29(35)26(23)17-28(27)37-30(36)33-18-21-5-2-1-3-6-21/h1-8,14,16-17,20,24H,9-13,15,18-19H2,(H,33,36). The monoisotopic (exact) mass is 520 g/mol. The Bertz CT molecular complexity index is 1280. The van der Waals surface area contributed by atoms with E-state index in [0.29, 0.717) is 29.5 Å². The summed E-state index contributed by atoms with van der Waals surface area (Å²) in [5.41, 5.74) is 3.46. The minimum atomic E-state index is -0.613. The first-order valence-corrected chi connectivity index (χ1v) is 13.2. The quantitative estimate of drug-likeness (QED) is 0.390. The lowest BCUT2D eigenvalue weighted by molar-refractivity contribution is 0.0895. The van der Waals surface area contributed by atoms with Gasteiger partial charge >= 0.3 is 6.09 Å². The highest BCUT2D eigenvalue weighted by Crippen LogP contribution is 2.38. The number of likely N-dealkylation sites (tertiary alicyclic amines) is 1. The maximum absolute atomic E-state index is 13.5. The van der Waals surface area contributed by atoms with E-state index in [4.69, 9.17) is 16.3 Å². The van der Waals surface area contributed by atoms with Gasteiger partial charge in [0.15, 0.2) is 11.5 Å². The summed E-state index contributed by atoms with van der Waals surface area (Å²) < 4.78 is 18.9. The SMILES string of the molecule is O=C(NCc1ccccc1)Oc1cc2c(cc1Cl)CC(CC1CCN(Cc3cccc(F)c3)CC1)C2=O. The van der Waals surface area contributed by atoms with Gasteiger partial charge in [0.1, 0.15) is 5.82 Å². The van der Waals surface area contributed by atoms with Gasteiger partial charge in [-0.1, -0.05) is 54.1 Å². The lowest BCUT2D eigenvalue weighted by Crippen LogP contribution is -2.34. The number of ether oxygens (including phenoxy) is 1. The number of hydrogen-bond acceptors (Lipinski definition) is 4. The molecule has 5 nitrogen and oxygen atoms in total. The highest BCUT2D eigenvalue weighted by molar-refractivity contribution is 6.32. The summed E-state index contributed by atoms with van der Waals surface area (Å²) in [6, 6.07) is 19.7.